The summed E-state index contributed by atoms with van der Waals surface area (Å²) in [5.41, 5.74) is 2.74. The monoisotopic (exact) mass is 378 g/mol. The highest BCUT2D eigenvalue weighted by Gasteiger charge is 2.21. The SMILES string of the molecule is CCCCCC(CCC)COCC(C[N+]1=Cc2ccccc2CC1)OS. The second kappa shape index (κ2) is 12.5. The molecular formula is C22H36NO2S+. The minimum atomic E-state index is -0.00207. The van der Waals surface area contributed by atoms with Crippen LogP contribution in [-0.2, 0) is 15.3 Å². The Morgan fingerprint density at radius 1 is 1.08 bits per heavy atom. The minimum Gasteiger partial charge on any atom is -0.378 e. The second-order valence-corrected chi connectivity index (χ2v) is 7.70. The molecule has 3 nitrogen and oxygen atoms in total. The summed E-state index contributed by atoms with van der Waals surface area (Å²) >= 11 is 4.09. The van der Waals surface area contributed by atoms with Gasteiger partial charge in [0.1, 0.15) is 6.54 Å². The Kier molecular flexibility index (Phi) is 10.3. The van der Waals surface area contributed by atoms with E-state index in [-0.39, 0.29) is 6.10 Å². The maximum Gasteiger partial charge on any atom is 0.172 e. The van der Waals surface area contributed by atoms with Crippen LogP contribution < -0.4 is 0 Å². The lowest BCUT2D eigenvalue weighted by atomic mass is 9.97. The van der Waals surface area contributed by atoms with Crippen LogP contribution in [0.2, 0.25) is 0 Å². The standard InChI is InChI=1S/C22H35NO2S/c1-3-5-6-10-19(9-4-2)17-24-18-22(25-26)16-23-14-13-20-11-7-8-12-21(20)15-23/h7-8,11-12,15,19,22H,3-6,9-10,13-14,16-18H2,1-2H3/p+1. The molecule has 0 spiro atoms. The van der Waals surface area contributed by atoms with E-state index in [2.05, 4.69) is 61.8 Å². The van der Waals surface area contributed by atoms with Crippen LogP contribution in [0.4, 0.5) is 0 Å². The van der Waals surface area contributed by atoms with Gasteiger partial charge in [0.2, 0.25) is 0 Å². The van der Waals surface area contributed by atoms with E-state index in [0.29, 0.717) is 12.5 Å². The van der Waals surface area contributed by atoms with Crippen molar-refractivity contribution in [2.75, 3.05) is 26.3 Å². The Morgan fingerprint density at radius 3 is 2.69 bits per heavy atom. The molecule has 1 aromatic rings. The van der Waals surface area contributed by atoms with Gasteiger partial charge in [-0.3, -0.25) is 0 Å². The number of fused-ring (bicyclic) bond motifs is 1. The number of ether oxygens (including phenoxy) is 1. The lowest BCUT2D eigenvalue weighted by molar-refractivity contribution is -0.532. The maximum absolute atomic E-state index is 6.03. The van der Waals surface area contributed by atoms with Crippen molar-refractivity contribution < 1.29 is 13.5 Å². The molecule has 0 aromatic heterocycles. The first-order valence-electron chi connectivity index (χ1n) is 10.3. The molecule has 0 aliphatic carbocycles. The molecule has 2 unspecified atom stereocenters. The van der Waals surface area contributed by atoms with Gasteiger partial charge in [-0.2, -0.15) is 0 Å². The zero-order valence-electron chi connectivity index (χ0n) is 16.5. The van der Waals surface area contributed by atoms with Gasteiger partial charge in [0, 0.05) is 18.6 Å². The molecule has 0 N–H and O–H groups in total. The van der Waals surface area contributed by atoms with Gasteiger partial charge in [0.05, 0.1) is 6.61 Å². The number of thiol groups is 1. The summed E-state index contributed by atoms with van der Waals surface area (Å²) in [6.07, 6.45) is 11.0. The summed E-state index contributed by atoms with van der Waals surface area (Å²) in [4.78, 5) is 0. The molecule has 146 valence electrons. The fourth-order valence-corrected chi connectivity index (χ4v) is 3.83. The average molecular weight is 379 g/mol. The summed E-state index contributed by atoms with van der Waals surface area (Å²) in [7, 11) is 0. The second-order valence-electron chi connectivity index (χ2n) is 7.49. The first kappa shape index (κ1) is 21.5. The van der Waals surface area contributed by atoms with E-state index in [4.69, 9.17) is 8.92 Å². The lowest BCUT2D eigenvalue weighted by Crippen LogP contribution is -2.33. The lowest BCUT2D eigenvalue weighted by Gasteiger charge is -2.19. The quantitative estimate of drug-likeness (QED) is 0.228. The Labute approximate surface area is 165 Å². The third kappa shape index (κ3) is 7.42. The molecule has 0 saturated carbocycles. The van der Waals surface area contributed by atoms with E-state index < -0.39 is 0 Å². The van der Waals surface area contributed by atoms with Crippen LogP contribution in [0, 0.1) is 5.92 Å². The van der Waals surface area contributed by atoms with Gasteiger partial charge < -0.3 is 8.92 Å². The van der Waals surface area contributed by atoms with Crippen molar-refractivity contribution in [2.45, 2.75) is 64.9 Å². The molecule has 2 rings (SSSR count). The smallest absolute Gasteiger partial charge is 0.172 e. The highest BCUT2D eigenvalue weighted by atomic mass is 32.1. The topological polar surface area (TPSA) is 21.5 Å². The van der Waals surface area contributed by atoms with Crippen LogP contribution in [0.5, 0.6) is 0 Å². The van der Waals surface area contributed by atoms with Crippen molar-refractivity contribution in [3.8, 4) is 0 Å². The molecule has 1 aliphatic heterocycles. The molecule has 0 saturated heterocycles. The molecule has 1 aromatic carbocycles. The van der Waals surface area contributed by atoms with Gasteiger partial charge in [-0.15, -0.1) is 0 Å². The summed E-state index contributed by atoms with van der Waals surface area (Å²) in [6, 6.07) is 8.61. The molecule has 1 aliphatic rings. The van der Waals surface area contributed by atoms with Crippen LogP contribution in [0.3, 0.4) is 0 Å². The zero-order chi connectivity index (χ0) is 18.6. The first-order valence-corrected chi connectivity index (χ1v) is 10.7. The Hall–Kier alpha value is -0.840. The maximum atomic E-state index is 6.03. The normalized spacial score (nSPS) is 16.0. The number of rotatable bonds is 13. The molecule has 26 heavy (non-hydrogen) atoms. The van der Waals surface area contributed by atoms with Crippen molar-refractivity contribution in [1.82, 2.24) is 0 Å². The molecule has 0 fully saturated rings. The average Bonchev–Trinajstić information content (AvgIpc) is 2.67. The van der Waals surface area contributed by atoms with Crippen molar-refractivity contribution >= 4 is 19.1 Å². The number of hydrogen-bond acceptors (Lipinski definition) is 3. The predicted octanol–water partition coefficient (Wildman–Crippen LogP) is 4.92. The molecule has 2 atom stereocenters. The van der Waals surface area contributed by atoms with Gasteiger partial charge in [-0.25, -0.2) is 4.58 Å². The van der Waals surface area contributed by atoms with E-state index in [9.17, 15) is 0 Å². The Morgan fingerprint density at radius 2 is 1.92 bits per heavy atom. The number of hydrogen-bond donors (Lipinski definition) is 1. The summed E-state index contributed by atoms with van der Waals surface area (Å²) in [5, 5.41) is 0. The van der Waals surface area contributed by atoms with Crippen molar-refractivity contribution in [3.05, 3.63) is 35.4 Å². The van der Waals surface area contributed by atoms with Crippen LogP contribution >= 0.6 is 12.9 Å². The number of unbranched alkanes of at least 4 members (excludes halogenated alkanes) is 2. The highest BCUT2D eigenvalue weighted by molar-refractivity contribution is 7.75. The molecular weight excluding hydrogens is 342 g/mol. The third-order valence-corrected chi connectivity index (χ3v) is 5.50. The van der Waals surface area contributed by atoms with E-state index >= 15 is 0 Å². The number of benzene rings is 1. The van der Waals surface area contributed by atoms with Crippen LogP contribution in [0.15, 0.2) is 24.3 Å². The van der Waals surface area contributed by atoms with E-state index in [0.717, 1.165) is 26.1 Å². The molecule has 4 heteroatoms. The van der Waals surface area contributed by atoms with E-state index in [1.807, 2.05) is 0 Å². The van der Waals surface area contributed by atoms with Gasteiger partial charge in [0.15, 0.2) is 18.9 Å². The van der Waals surface area contributed by atoms with E-state index in [1.54, 1.807) is 0 Å². The number of nitrogens with zero attached hydrogens (tertiary/aromatic N) is 1. The zero-order valence-corrected chi connectivity index (χ0v) is 17.4. The molecule has 0 amide bonds. The van der Waals surface area contributed by atoms with Crippen LogP contribution in [-0.4, -0.2) is 43.2 Å². The molecule has 1 heterocycles. The third-order valence-electron chi connectivity index (χ3n) is 5.20. The Bertz CT molecular complexity index is 547. The highest BCUT2D eigenvalue weighted by Crippen LogP contribution is 2.17. The summed E-state index contributed by atoms with van der Waals surface area (Å²) in [6.45, 7) is 7.83. The summed E-state index contributed by atoms with van der Waals surface area (Å²) < 4.78 is 13.7. The Balaban J connectivity index is 1.77. The van der Waals surface area contributed by atoms with Crippen LogP contribution in [0.1, 0.15) is 63.5 Å². The van der Waals surface area contributed by atoms with Crippen molar-refractivity contribution in [1.29, 1.82) is 0 Å². The van der Waals surface area contributed by atoms with Gasteiger partial charge in [0.25, 0.3) is 0 Å². The van der Waals surface area contributed by atoms with Gasteiger partial charge in [-0.05, 0) is 43.3 Å². The van der Waals surface area contributed by atoms with Crippen molar-refractivity contribution in [3.63, 3.8) is 0 Å². The molecule has 0 bridgehead atoms. The summed E-state index contributed by atoms with van der Waals surface area (Å²) in [5.74, 6) is 0.681. The largest absolute Gasteiger partial charge is 0.378 e. The molecule has 0 radical (unpaired) electrons. The fourth-order valence-electron chi connectivity index (χ4n) is 3.70. The van der Waals surface area contributed by atoms with E-state index in [1.165, 1.54) is 49.7 Å². The fraction of sp³-hybridized carbons (Fsp3) is 0.682. The van der Waals surface area contributed by atoms with Gasteiger partial charge in [-0.1, -0.05) is 57.7 Å². The van der Waals surface area contributed by atoms with Crippen LogP contribution in [0.25, 0.3) is 0 Å². The first-order chi connectivity index (χ1) is 12.8. The van der Waals surface area contributed by atoms with Crippen molar-refractivity contribution in [2.24, 2.45) is 5.92 Å². The predicted molar refractivity (Wildman–Crippen MR) is 113 cm³/mol. The van der Waals surface area contributed by atoms with Gasteiger partial charge >= 0.3 is 0 Å². The minimum absolute atomic E-state index is 0.00207.